The molecule has 0 aliphatic carbocycles. The maximum atomic E-state index is 13.9. The molecule has 1 aromatic carbocycles. The fraction of sp³-hybridized carbons (Fsp3) is 0.480. The first kappa shape index (κ1) is 28.0. The third-order valence-electron chi connectivity index (χ3n) is 4.92. The summed E-state index contributed by atoms with van der Waals surface area (Å²) in [6, 6.07) is 6.63. The van der Waals surface area contributed by atoms with E-state index in [2.05, 4.69) is 51.1 Å². The van der Waals surface area contributed by atoms with Gasteiger partial charge in [-0.2, -0.15) is 0 Å². The van der Waals surface area contributed by atoms with Gasteiger partial charge in [0.25, 0.3) is 5.92 Å². The number of carbonyl (C=O) groups is 2. The number of aromatic amines is 1. The Labute approximate surface area is 206 Å². The van der Waals surface area contributed by atoms with Crippen LogP contribution in [-0.2, 0) is 16.1 Å². The molecule has 0 fully saturated rings. The zero-order valence-electron chi connectivity index (χ0n) is 21.3. The summed E-state index contributed by atoms with van der Waals surface area (Å²) in [6.45, 7) is 9.71. The van der Waals surface area contributed by atoms with Crippen LogP contribution < -0.4 is 5.32 Å². The van der Waals surface area contributed by atoms with Gasteiger partial charge in [0, 0.05) is 12.5 Å². The number of carbonyl (C=O) groups excluding carboxylic acids is 2. The van der Waals surface area contributed by atoms with Crippen molar-refractivity contribution >= 4 is 20.1 Å². The van der Waals surface area contributed by atoms with Gasteiger partial charge in [-0.05, 0) is 23.6 Å². The smallest absolute Gasteiger partial charge is 0.407 e. The van der Waals surface area contributed by atoms with Crippen LogP contribution in [0.25, 0.3) is 11.3 Å². The predicted octanol–water partition coefficient (Wildman–Crippen LogP) is 4.67. The number of nitrogens with zero attached hydrogens (tertiary/aromatic N) is 2. The molecule has 2 rings (SSSR count). The number of amides is 2. The molecule has 2 aromatic rings. The number of H-pyrrole nitrogens is 1. The second kappa shape index (κ2) is 11.5. The SMILES string of the molecule is COC(=O)N[C@H](C(=O)N(Cc1ncc(-c2ccc(C#C[Si](C)(C)C)cc2)[nH]1)CC(C)(F)F)C(C)C. The summed E-state index contributed by atoms with van der Waals surface area (Å²) in [4.78, 5) is 33.2. The molecule has 35 heavy (non-hydrogen) atoms. The van der Waals surface area contributed by atoms with Crippen LogP contribution in [-0.4, -0.2) is 60.6 Å². The molecule has 190 valence electrons. The number of halogens is 2. The van der Waals surface area contributed by atoms with E-state index in [1.165, 1.54) is 7.11 Å². The van der Waals surface area contributed by atoms with E-state index in [-0.39, 0.29) is 12.5 Å². The Hall–Kier alpha value is -3.19. The number of alkyl carbamates (subject to hydrolysis) is 1. The van der Waals surface area contributed by atoms with Crippen molar-refractivity contribution in [2.24, 2.45) is 5.92 Å². The van der Waals surface area contributed by atoms with Gasteiger partial charge >= 0.3 is 6.09 Å². The second-order valence-electron chi connectivity index (χ2n) is 9.94. The third-order valence-corrected chi connectivity index (χ3v) is 5.79. The minimum Gasteiger partial charge on any atom is -0.453 e. The maximum absolute atomic E-state index is 13.9. The monoisotopic (exact) mass is 504 g/mol. The molecule has 0 saturated carbocycles. The Balaban J connectivity index is 2.24. The molecule has 0 unspecified atom stereocenters. The number of imidazole rings is 1. The van der Waals surface area contributed by atoms with Gasteiger partial charge < -0.3 is 19.9 Å². The molecule has 2 N–H and O–H groups in total. The highest BCUT2D eigenvalue weighted by molar-refractivity contribution is 6.83. The van der Waals surface area contributed by atoms with Crippen LogP contribution in [0.5, 0.6) is 0 Å². The Morgan fingerprint density at radius 3 is 2.37 bits per heavy atom. The summed E-state index contributed by atoms with van der Waals surface area (Å²) in [7, 11) is -0.305. The normalized spacial score (nSPS) is 12.5. The van der Waals surface area contributed by atoms with Crippen LogP contribution in [0.4, 0.5) is 13.6 Å². The summed E-state index contributed by atoms with van der Waals surface area (Å²) in [5.41, 5.74) is 5.78. The van der Waals surface area contributed by atoms with E-state index >= 15 is 0 Å². The van der Waals surface area contributed by atoms with Gasteiger partial charge in [0.15, 0.2) is 0 Å². The number of hydrogen-bond acceptors (Lipinski definition) is 4. The molecule has 0 aliphatic rings. The van der Waals surface area contributed by atoms with E-state index in [1.54, 1.807) is 20.0 Å². The number of alkyl halides is 2. The summed E-state index contributed by atoms with van der Waals surface area (Å²) in [6.07, 6.45) is 0.788. The number of aromatic nitrogens is 2. The number of nitrogens with one attached hydrogen (secondary N) is 2. The van der Waals surface area contributed by atoms with E-state index in [1.807, 2.05) is 24.3 Å². The van der Waals surface area contributed by atoms with Crippen molar-refractivity contribution in [3.8, 4) is 22.7 Å². The Morgan fingerprint density at radius 2 is 1.86 bits per heavy atom. The fourth-order valence-corrected chi connectivity index (χ4v) is 3.73. The van der Waals surface area contributed by atoms with Crippen molar-refractivity contribution in [2.45, 2.75) is 58.9 Å². The predicted molar refractivity (Wildman–Crippen MR) is 134 cm³/mol. The van der Waals surface area contributed by atoms with E-state index in [9.17, 15) is 18.4 Å². The van der Waals surface area contributed by atoms with Gasteiger partial charge in [-0.15, -0.1) is 5.54 Å². The van der Waals surface area contributed by atoms with E-state index in [0.717, 1.165) is 23.0 Å². The standard InChI is InChI=1S/C25H34F2N4O3Si/c1-17(2)22(30-24(33)34-4)23(32)31(16-25(3,26)27)15-21-28-14-20(29-21)19-10-8-18(9-11-19)12-13-35(5,6)7/h8-11,14,17,22H,15-16H2,1-7H3,(H,28,29)(H,30,33)/t22-/m0/s1. The molecule has 1 aromatic heterocycles. The van der Waals surface area contributed by atoms with Gasteiger partial charge in [-0.25, -0.2) is 18.6 Å². The van der Waals surface area contributed by atoms with Crippen LogP contribution in [0.1, 0.15) is 32.2 Å². The van der Waals surface area contributed by atoms with Crippen molar-refractivity contribution in [1.29, 1.82) is 0 Å². The molecule has 1 heterocycles. The molecular weight excluding hydrogens is 470 g/mol. The molecule has 0 bridgehead atoms. The van der Waals surface area contributed by atoms with Gasteiger partial charge in [-0.1, -0.05) is 51.5 Å². The van der Waals surface area contributed by atoms with E-state index in [0.29, 0.717) is 11.5 Å². The maximum Gasteiger partial charge on any atom is 0.407 e. The van der Waals surface area contributed by atoms with Crippen molar-refractivity contribution in [1.82, 2.24) is 20.2 Å². The fourth-order valence-electron chi connectivity index (χ4n) is 3.21. The van der Waals surface area contributed by atoms with E-state index < -0.39 is 38.6 Å². The number of rotatable bonds is 8. The number of benzene rings is 1. The Kier molecular flexibility index (Phi) is 9.21. The van der Waals surface area contributed by atoms with Gasteiger partial charge in [0.1, 0.15) is 19.9 Å². The molecule has 0 saturated heterocycles. The van der Waals surface area contributed by atoms with Gasteiger partial charge in [-0.3, -0.25) is 4.79 Å². The van der Waals surface area contributed by atoms with Gasteiger partial charge in [0.2, 0.25) is 5.91 Å². The quantitative estimate of drug-likeness (QED) is 0.404. The Bertz CT molecular complexity index is 1080. The van der Waals surface area contributed by atoms with Crippen molar-refractivity contribution in [3.05, 3.63) is 41.9 Å². The summed E-state index contributed by atoms with van der Waals surface area (Å²) in [5, 5.41) is 2.44. The van der Waals surface area contributed by atoms with Crippen molar-refractivity contribution in [3.63, 3.8) is 0 Å². The van der Waals surface area contributed by atoms with Crippen molar-refractivity contribution < 1.29 is 23.1 Å². The number of methoxy groups -OCH3 is 1. The summed E-state index contributed by atoms with van der Waals surface area (Å²) >= 11 is 0. The number of hydrogen-bond donors (Lipinski definition) is 2. The minimum atomic E-state index is -3.13. The average molecular weight is 505 g/mol. The minimum absolute atomic E-state index is 0.173. The summed E-state index contributed by atoms with van der Waals surface area (Å²) < 4.78 is 32.4. The van der Waals surface area contributed by atoms with Crippen LogP contribution in [0.2, 0.25) is 19.6 Å². The zero-order chi connectivity index (χ0) is 26.4. The lowest BCUT2D eigenvalue weighted by Gasteiger charge is -2.30. The highest BCUT2D eigenvalue weighted by Crippen LogP contribution is 2.21. The lowest BCUT2D eigenvalue weighted by molar-refractivity contribution is -0.140. The molecule has 0 aliphatic heterocycles. The highest BCUT2D eigenvalue weighted by Gasteiger charge is 2.34. The lowest BCUT2D eigenvalue weighted by Crippen LogP contribution is -2.53. The Morgan fingerprint density at radius 1 is 1.23 bits per heavy atom. The first-order chi connectivity index (χ1) is 16.2. The van der Waals surface area contributed by atoms with E-state index in [4.69, 9.17) is 0 Å². The largest absolute Gasteiger partial charge is 0.453 e. The van der Waals surface area contributed by atoms with Crippen LogP contribution >= 0.6 is 0 Å². The molecule has 0 radical (unpaired) electrons. The molecule has 1 atom stereocenters. The van der Waals surface area contributed by atoms with Crippen LogP contribution in [0.15, 0.2) is 30.5 Å². The number of ether oxygens (including phenoxy) is 1. The third kappa shape index (κ3) is 9.17. The lowest BCUT2D eigenvalue weighted by atomic mass is 10.0. The molecule has 2 amide bonds. The zero-order valence-corrected chi connectivity index (χ0v) is 22.3. The summed E-state index contributed by atoms with van der Waals surface area (Å²) in [5.74, 6) is -0.575. The molecule has 10 heteroatoms. The highest BCUT2D eigenvalue weighted by atomic mass is 28.3. The first-order valence-electron chi connectivity index (χ1n) is 11.4. The van der Waals surface area contributed by atoms with Gasteiger partial charge in [0.05, 0.1) is 32.1 Å². The van der Waals surface area contributed by atoms with Crippen LogP contribution in [0, 0.1) is 17.4 Å². The average Bonchev–Trinajstić information content (AvgIpc) is 3.22. The molecule has 7 nitrogen and oxygen atoms in total. The topological polar surface area (TPSA) is 87.3 Å². The second-order valence-corrected chi connectivity index (χ2v) is 14.7. The van der Waals surface area contributed by atoms with Crippen molar-refractivity contribution in [2.75, 3.05) is 13.7 Å². The first-order valence-corrected chi connectivity index (χ1v) is 14.9. The molecular formula is C25H34F2N4O3Si. The molecule has 0 spiro atoms. The van der Waals surface area contributed by atoms with Crippen LogP contribution in [0.3, 0.4) is 0 Å².